The fourth-order valence-corrected chi connectivity index (χ4v) is 1.65. The van der Waals surface area contributed by atoms with Crippen LogP contribution in [0, 0.1) is 0 Å². The molecule has 0 saturated carbocycles. The van der Waals surface area contributed by atoms with Crippen LogP contribution in [0.3, 0.4) is 0 Å². The topological polar surface area (TPSA) is 95.1 Å². The summed E-state index contributed by atoms with van der Waals surface area (Å²) in [5, 5.41) is 9.01. The number of carboxylic acid groups (broad SMARTS) is 1. The molecule has 1 saturated heterocycles. The SMILES string of the molecule is CC1(C)CCC(=C=O)C(C)(C(=O)O)O1.O. The second-order valence-corrected chi connectivity index (χ2v) is 4.28. The van der Waals surface area contributed by atoms with Crippen molar-refractivity contribution >= 4 is 11.9 Å². The largest absolute Gasteiger partial charge is 0.479 e. The summed E-state index contributed by atoms with van der Waals surface area (Å²) in [6, 6.07) is 0. The molecule has 5 nitrogen and oxygen atoms in total. The Bertz CT molecular complexity index is 314. The standard InChI is InChI=1S/C10H14O4.H2O/c1-9(2)5-4-7(6-11)10(3,14-9)8(12)13;/h4-5H2,1-3H3,(H,12,13);1H2. The average Bonchev–Trinajstić information content (AvgIpc) is 2.02. The van der Waals surface area contributed by atoms with E-state index in [0.29, 0.717) is 12.8 Å². The average molecular weight is 216 g/mol. The van der Waals surface area contributed by atoms with Crippen LogP contribution in [0.2, 0.25) is 0 Å². The van der Waals surface area contributed by atoms with E-state index < -0.39 is 17.2 Å². The fourth-order valence-electron chi connectivity index (χ4n) is 1.65. The zero-order chi connectivity index (χ0) is 11.0. The summed E-state index contributed by atoms with van der Waals surface area (Å²) >= 11 is 0. The molecule has 0 radical (unpaired) electrons. The molecule has 0 aromatic heterocycles. The predicted molar refractivity (Wildman–Crippen MR) is 53.3 cm³/mol. The number of carbonyl (C=O) groups excluding carboxylic acids is 1. The van der Waals surface area contributed by atoms with Gasteiger partial charge in [-0.05, 0) is 33.6 Å². The highest BCUT2D eigenvalue weighted by molar-refractivity contribution is 5.85. The molecule has 0 aromatic rings. The van der Waals surface area contributed by atoms with Crippen molar-refractivity contribution in [2.24, 2.45) is 0 Å². The molecule has 1 aliphatic heterocycles. The number of carboxylic acids is 1. The van der Waals surface area contributed by atoms with Gasteiger partial charge in [-0.3, -0.25) is 0 Å². The van der Waals surface area contributed by atoms with E-state index in [9.17, 15) is 9.59 Å². The van der Waals surface area contributed by atoms with Gasteiger partial charge in [-0.2, -0.15) is 0 Å². The lowest BCUT2D eigenvalue weighted by molar-refractivity contribution is -0.182. The van der Waals surface area contributed by atoms with E-state index in [2.05, 4.69) is 0 Å². The molecule has 1 fully saturated rings. The first-order valence-electron chi connectivity index (χ1n) is 4.50. The van der Waals surface area contributed by atoms with Crippen molar-refractivity contribution < 1.29 is 24.9 Å². The van der Waals surface area contributed by atoms with Crippen molar-refractivity contribution in [2.45, 2.75) is 44.8 Å². The first-order valence-corrected chi connectivity index (χ1v) is 4.50. The second kappa shape index (κ2) is 4.14. The highest BCUT2D eigenvalue weighted by Crippen LogP contribution is 2.37. The van der Waals surface area contributed by atoms with Gasteiger partial charge in [0.2, 0.25) is 0 Å². The highest BCUT2D eigenvalue weighted by atomic mass is 16.5. The van der Waals surface area contributed by atoms with Gasteiger partial charge in [0.05, 0.1) is 11.2 Å². The number of hydrogen-bond donors (Lipinski definition) is 1. The van der Waals surface area contributed by atoms with Crippen LogP contribution in [0.4, 0.5) is 0 Å². The van der Waals surface area contributed by atoms with E-state index in [-0.39, 0.29) is 11.0 Å². The number of ether oxygens (including phenoxy) is 1. The van der Waals surface area contributed by atoms with Crippen LogP contribution in [0.5, 0.6) is 0 Å². The molecule has 1 rings (SSSR count). The normalized spacial score (nSPS) is 28.9. The lowest BCUT2D eigenvalue weighted by Gasteiger charge is -2.40. The van der Waals surface area contributed by atoms with Crippen LogP contribution in [0.1, 0.15) is 33.6 Å². The number of hydrogen-bond acceptors (Lipinski definition) is 3. The van der Waals surface area contributed by atoms with Gasteiger partial charge in [0.15, 0.2) is 5.60 Å². The van der Waals surface area contributed by atoms with Gasteiger partial charge in [-0.15, -0.1) is 0 Å². The quantitative estimate of drug-likeness (QED) is 0.640. The Balaban J connectivity index is 0.00000196. The minimum absolute atomic E-state index is 0. The second-order valence-electron chi connectivity index (χ2n) is 4.28. The van der Waals surface area contributed by atoms with E-state index in [1.807, 2.05) is 13.8 Å². The maximum absolute atomic E-state index is 11.0. The van der Waals surface area contributed by atoms with Gasteiger partial charge < -0.3 is 15.3 Å². The molecule has 0 amide bonds. The van der Waals surface area contributed by atoms with E-state index in [4.69, 9.17) is 9.84 Å². The molecule has 1 aliphatic rings. The Morgan fingerprint density at radius 3 is 2.40 bits per heavy atom. The summed E-state index contributed by atoms with van der Waals surface area (Å²) in [4.78, 5) is 21.6. The van der Waals surface area contributed by atoms with E-state index in [0.717, 1.165) is 0 Å². The molecule has 1 atom stereocenters. The molecule has 86 valence electrons. The van der Waals surface area contributed by atoms with Gasteiger partial charge in [-0.25, -0.2) is 9.59 Å². The Labute approximate surface area is 88.0 Å². The first-order chi connectivity index (χ1) is 6.32. The zero-order valence-corrected chi connectivity index (χ0v) is 9.09. The molecular weight excluding hydrogens is 200 g/mol. The molecule has 1 unspecified atom stereocenters. The van der Waals surface area contributed by atoms with Crippen LogP contribution in [0.15, 0.2) is 5.57 Å². The summed E-state index contributed by atoms with van der Waals surface area (Å²) in [5.74, 6) is 0.539. The Kier molecular flexibility index (Phi) is 3.82. The minimum Gasteiger partial charge on any atom is -0.479 e. The molecule has 0 bridgehead atoms. The molecule has 15 heavy (non-hydrogen) atoms. The van der Waals surface area contributed by atoms with Crippen LogP contribution < -0.4 is 0 Å². The summed E-state index contributed by atoms with van der Waals surface area (Å²) in [6.45, 7) is 5.03. The third kappa shape index (κ3) is 2.45. The van der Waals surface area contributed by atoms with Crippen molar-refractivity contribution in [1.82, 2.24) is 0 Å². The smallest absolute Gasteiger partial charge is 0.340 e. The lowest BCUT2D eigenvalue weighted by atomic mass is 9.84. The van der Waals surface area contributed by atoms with E-state index in [1.54, 1.807) is 5.94 Å². The Hall–Kier alpha value is -1.16. The molecule has 1 heterocycles. The minimum atomic E-state index is -1.51. The first kappa shape index (κ1) is 13.8. The summed E-state index contributed by atoms with van der Waals surface area (Å²) in [6.07, 6.45) is 1.07. The highest BCUT2D eigenvalue weighted by Gasteiger charge is 2.47. The fraction of sp³-hybridized carbons (Fsp3) is 0.700. The maximum atomic E-state index is 11.0. The molecular formula is C10H16O5. The van der Waals surface area contributed by atoms with Crippen LogP contribution >= 0.6 is 0 Å². The predicted octanol–water partition coefficient (Wildman–Crippen LogP) is 0.352. The number of carbonyl (C=O) groups is 1. The van der Waals surface area contributed by atoms with Gasteiger partial charge >= 0.3 is 5.97 Å². The Morgan fingerprint density at radius 2 is 2.00 bits per heavy atom. The van der Waals surface area contributed by atoms with Crippen LogP contribution in [-0.2, 0) is 14.3 Å². The molecule has 0 aliphatic carbocycles. The van der Waals surface area contributed by atoms with Crippen molar-refractivity contribution in [3.63, 3.8) is 0 Å². The lowest BCUT2D eigenvalue weighted by Crippen LogP contribution is -2.50. The Morgan fingerprint density at radius 1 is 1.47 bits per heavy atom. The summed E-state index contributed by atoms with van der Waals surface area (Å²) in [7, 11) is 0. The van der Waals surface area contributed by atoms with Crippen LogP contribution in [0.25, 0.3) is 0 Å². The van der Waals surface area contributed by atoms with E-state index >= 15 is 0 Å². The van der Waals surface area contributed by atoms with Gasteiger partial charge in [0.25, 0.3) is 0 Å². The van der Waals surface area contributed by atoms with Crippen LogP contribution in [-0.4, -0.2) is 33.7 Å². The monoisotopic (exact) mass is 216 g/mol. The molecule has 3 N–H and O–H groups in total. The third-order valence-electron chi connectivity index (χ3n) is 2.56. The van der Waals surface area contributed by atoms with Gasteiger partial charge in [0.1, 0.15) is 5.94 Å². The molecule has 0 spiro atoms. The number of rotatable bonds is 1. The van der Waals surface area contributed by atoms with Gasteiger partial charge in [0, 0.05) is 0 Å². The summed E-state index contributed by atoms with van der Waals surface area (Å²) < 4.78 is 5.43. The van der Waals surface area contributed by atoms with Crippen molar-refractivity contribution in [1.29, 1.82) is 0 Å². The molecule has 5 heteroatoms. The van der Waals surface area contributed by atoms with Crippen molar-refractivity contribution in [3.05, 3.63) is 5.57 Å². The number of aliphatic carboxylic acids is 1. The van der Waals surface area contributed by atoms with Crippen molar-refractivity contribution in [3.8, 4) is 0 Å². The van der Waals surface area contributed by atoms with Crippen molar-refractivity contribution in [2.75, 3.05) is 0 Å². The molecule has 0 aromatic carbocycles. The zero-order valence-electron chi connectivity index (χ0n) is 9.09. The summed E-state index contributed by atoms with van der Waals surface area (Å²) in [5.41, 5.74) is -1.83. The third-order valence-corrected chi connectivity index (χ3v) is 2.56. The maximum Gasteiger partial charge on any atom is 0.340 e. The van der Waals surface area contributed by atoms with Gasteiger partial charge in [-0.1, -0.05) is 0 Å². The van der Waals surface area contributed by atoms with E-state index in [1.165, 1.54) is 6.92 Å².